The fourth-order valence-corrected chi connectivity index (χ4v) is 3.83. The van der Waals surface area contributed by atoms with E-state index in [2.05, 4.69) is 56.0 Å². The van der Waals surface area contributed by atoms with Gasteiger partial charge in [-0.25, -0.2) is 9.67 Å². The fraction of sp³-hybridized carbons (Fsp3) is 0.550. The van der Waals surface area contributed by atoms with Crippen LogP contribution in [0.4, 0.5) is 0 Å². The van der Waals surface area contributed by atoms with Gasteiger partial charge in [0.05, 0.1) is 6.54 Å². The first kappa shape index (κ1) is 20.1. The van der Waals surface area contributed by atoms with Crippen molar-refractivity contribution in [3.8, 4) is 0 Å². The van der Waals surface area contributed by atoms with Crippen LogP contribution in [0, 0.1) is 12.3 Å². The van der Waals surface area contributed by atoms with E-state index in [1.165, 1.54) is 18.4 Å². The van der Waals surface area contributed by atoms with Crippen LogP contribution in [0.15, 0.2) is 35.3 Å². The molecule has 1 aliphatic carbocycles. The Morgan fingerprint density at radius 1 is 1.30 bits per heavy atom. The Morgan fingerprint density at radius 2 is 2.07 bits per heavy atom. The number of fused-ring (bicyclic) bond motifs is 1. The average Bonchev–Trinajstić information content (AvgIpc) is 3.30. The van der Waals surface area contributed by atoms with E-state index >= 15 is 0 Å². The van der Waals surface area contributed by atoms with Crippen LogP contribution in [0.2, 0.25) is 0 Å². The fourth-order valence-electron chi connectivity index (χ4n) is 3.83. The molecule has 0 spiro atoms. The van der Waals surface area contributed by atoms with Gasteiger partial charge in [-0.1, -0.05) is 30.3 Å². The zero-order valence-corrected chi connectivity index (χ0v) is 18.4. The predicted molar refractivity (Wildman–Crippen MR) is 119 cm³/mol. The highest BCUT2D eigenvalue weighted by Crippen LogP contribution is 2.47. The smallest absolute Gasteiger partial charge is 0.191 e. The number of guanidine groups is 1. The van der Waals surface area contributed by atoms with Crippen molar-refractivity contribution in [3.05, 3.63) is 47.5 Å². The van der Waals surface area contributed by atoms with Crippen LogP contribution < -0.4 is 10.6 Å². The molecule has 7 heteroatoms. The third-order valence-corrected chi connectivity index (χ3v) is 5.54. The Kier molecular flexibility index (Phi) is 6.39. The first-order valence-corrected chi connectivity index (χ1v) is 9.57. The highest BCUT2D eigenvalue weighted by molar-refractivity contribution is 14.0. The van der Waals surface area contributed by atoms with E-state index in [4.69, 9.17) is 0 Å². The summed E-state index contributed by atoms with van der Waals surface area (Å²) in [4.78, 5) is 8.91. The number of benzene rings is 1. The van der Waals surface area contributed by atoms with E-state index in [1.54, 1.807) is 0 Å². The van der Waals surface area contributed by atoms with E-state index in [9.17, 15) is 0 Å². The van der Waals surface area contributed by atoms with E-state index in [0.29, 0.717) is 11.5 Å². The molecule has 4 rings (SSSR count). The second-order valence-corrected chi connectivity index (χ2v) is 7.73. The number of hydrogen-bond donors (Lipinski definition) is 2. The third-order valence-electron chi connectivity index (χ3n) is 5.54. The van der Waals surface area contributed by atoms with Crippen LogP contribution in [0.5, 0.6) is 0 Å². The van der Waals surface area contributed by atoms with Crippen LogP contribution in [0.25, 0.3) is 0 Å². The molecule has 0 saturated heterocycles. The summed E-state index contributed by atoms with van der Waals surface area (Å²) in [6.07, 6.45) is 5.75. The molecular weight excluding hydrogens is 451 g/mol. The molecule has 1 unspecified atom stereocenters. The number of aliphatic imine (C=N–C) groups is 1. The SMILES string of the molecule is CN=C(NCC1(Cc2ccccc2)CC1)NC1CCc2nc(C)nn2C1.I. The summed E-state index contributed by atoms with van der Waals surface area (Å²) in [5.74, 6) is 2.86. The lowest BCUT2D eigenvalue weighted by atomic mass is 9.96. The Balaban J connectivity index is 0.00000210. The summed E-state index contributed by atoms with van der Waals surface area (Å²) < 4.78 is 2.03. The first-order valence-electron chi connectivity index (χ1n) is 9.57. The molecule has 2 aromatic rings. The van der Waals surface area contributed by atoms with Gasteiger partial charge in [-0.3, -0.25) is 4.99 Å². The topological polar surface area (TPSA) is 67.1 Å². The Hall–Kier alpha value is -1.64. The molecule has 2 heterocycles. The maximum Gasteiger partial charge on any atom is 0.191 e. The lowest BCUT2D eigenvalue weighted by molar-refractivity contribution is 0.390. The maximum atomic E-state index is 4.48. The van der Waals surface area contributed by atoms with Gasteiger partial charge in [0, 0.05) is 26.1 Å². The Bertz CT molecular complexity index is 781. The minimum absolute atomic E-state index is 0. The van der Waals surface area contributed by atoms with Gasteiger partial charge in [-0.2, -0.15) is 5.10 Å². The largest absolute Gasteiger partial charge is 0.356 e. The summed E-state index contributed by atoms with van der Waals surface area (Å²) in [5.41, 5.74) is 1.82. The molecule has 27 heavy (non-hydrogen) atoms. The molecular formula is C20H29IN6. The minimum atomic E-state index is 0. The van der Waals surface area contributed by atoms with Gasteiger partial charge in [0.25, 0.3) is 0 Å². The van der Waals surface area contributed by atoms with Crippen molar-refractivity contribution >= 4 is 29.9 Å². The predicted octanol–water partition coefficient (Wildman–Crippen LogP) is 2.71. The Morgan fingerprint density at radius 3 is 2.78 bits per heavy atom. The minimum Gasteiger partial charge on any atom is -0.356 e. The molecule has 0 amide bonds. The molecule has 1 aliphatic heterocycles. The molecule has 2 aliphatic rings. The van der Waals surface area contributed by atoms with E-state index in [0.717, 1.165) is 50.0 Å². The van der Waals surface area contributed by atoms with Crippen molar-refractivity contribution in [2.45, 2.75) is 51.6 Å². The molecule has 0 radical (unpaired) electrons. The van der Waals surface area contributed by atoms with Gasteiger partial charge in [-0.05, 0) is 43.6 Å². The summed E-state index contributed by atoms with van der Waals surface area (Å²) >= 11 is 0. The van der Waals surface area contributed by atoms with Gasteiger partial charge in [-0.15, -0.1) is 24.0 Å². The average molecular weight is 480 g/mol. The quantitative estimate of drug-likeness (QED) is 0.393. The van der Waals surface area contributed by atoms with Gasteiger partial charge in [0.1, 0.15) is 11.6 Å². The third kappa shape index (κ3) is 5.00. The molecule has 1 atom stereocenters. The number of halogens is 1. The second kappa shape index (κ2) is 8.58. The molecule has 6 nitrogen and oxygen atoms in total. The number of rotatable bonds is 5. The van der Waals surface area contributed by atoms with Crippen LogP contribution in [0.1, 0.15) is 36.5 Å². The summed E-state index contributed by atoms with van der Waals surface area (Å²) in [7, 11) is 1.85. The number of nitrogens with zero attached hydrogens (tertiary/aromatic N) is 4. The van der Waals surface area contributed by atoms with Crippen molar-refractivity contribution in [3.63, 3.8) is 0 Å². The van der Waals surface area contributed by atoms with Crippen molar-refractivity contribution < 1.29 is 0 Å². The van der Waals surface area contributed by atoms with Crippen molar-refractivity contribution in [1.82, 2.24) is 25.4 Å². The highest BCUT2D eigenvalue weighted by atomic mass is 127. The van der Waals surface area contributed by atoms with Gasteiger partial charge in [0.15, 0.2) is 5.96 Å². The summed E-state index contributed by atoms with van der Waals surface area (Å²) in [6.45, 7) is 3.78. The van der Waals surface area contributed by atoms with Gasteiger partial charge in [0.2, 0.25) is 0 Å². The Labute approximate surface area is 178 Å². The van der Waals surface area contributed by atoms with Crippen molar-refractivity contribution in [1.29, 1.82) is 0 Å². The zero-order chi connectivity index (χ0) is 18.0. The van der Waals surface area contributed by atoms with E-state index in [1.807, 2.05) is 18.7 Å². The number of aryl methyl sites for hydroxylation is 2. The maximum absolute atomic E-state index is 4.48. The molecule has 1 aromatic carbocycles. The van der Waals surface area contributed by atoms with Crippen LogP contribution in [0.3, 0.4) is 0 Å². The standard InChI is InChI=1S/C20H28N6.HI/c1-15-23-18-9-8-17(13-26(18)25-15)24-19(21-2)22-14-20(10-11-20)12-16-6-4-3-5-7-16;/h3-7,17H,8-14H2,1-2H3,(H2,21,22,24);1H. The number of nitrogens with one attached hydrogen (secondary N) is 2. The number of aromatic nitrogens is 3. The molecule has 0 bridgehead atoms. The molecule has 1 aromatic heterocycles. The van der Waals surface area contributed by atoms with Crippen LogP contribution >= 0.6 is 24.0 Å². The monoisotopic (exact) mass is 480 g/mol. The molecule has 146 valence electrons. The highest BCUT2D eigenvalue weighted by Gasteiger charge is 2.42. The summed E-state index contributed by atoms with van der Waals surface area (Å²) in [6, 6.07) is 11.1. The van der Waals surface area contributed by atoms with Crippen LogP contribution in [-0.2, 0) is 19.4 Å². The summed E-state index contributed by atoms with van der Waals surface area (Å²) in [5, 5.41) is 11.6. The second-order valence-electron chi connectivity index (χ2n) is 7.73. The normalized spacial score (nSPS) is 20.4. The van der Waals surface area contributed by atoms with Gasteiger partial charge >= 0.3 is 0 Å². The first-order chi connectivity index (χ1) is 12.7. The van der Waals surface area contributed by atoms with E-state index in [-0.39, 0.29) is 24.0 Å². The van der Waals surface area contributed by atoms with E-state index < -0.39 is 0 Å². The lowest BCUT2D eigenvalue weighted by Crippen LogP contribution is -2.48. The molecule has 1 fully saturated rings. The zero-order valence-electron chi connectivity index (χ0n) is 16.1. The molecule has 1 saturated carbocycles. The number of hydrogen-bond acceptors (Lipinski definition) is 3. The van der Waals surface area contributed by atoms with Crippen molar-refractivity contribution in [2.24, 2.45) is 10.4 Å². The van der Waals surface area contributed by atoms with Crippen LogP contribution in [-0.4, -0.2) is 40.4 Å². The van der Waals surface area contributed by atoms with Gasteiger partial charge < -0.3 is 10.6 Å². The van der Waals surface area contributed by atoms with Crippen molar-refractivity contribution in [2.75, 3.05) is 13.6 Å². The molecule has 2 N–H and O–H groups in total. The lowest BCUT2D eigenvalue weighted by Gasteiger charge is -2.26.